The summed E-state index contributed by atoms with van der Waals surface area (Å²) in [6.07, 6.45) is 4.83. The number of carbonyl (C=O) groups excluding carboxylic acids is 1. The van der Waals surface area contributed by atoms with Gasteiger partial charge >= 0.3 is 0 Å². The summed E-state index contributed by atoms with van der Waals surface area (Å²) in [5, 5.41) is 5.86. The Bertz CT molecular complexity index is 613. The zero-order valence-corrected chi connectivity index (χ0v) is 12.1. The second-order valence-electron chi connectivity index (χ2n) is 4.83. The Morgan fingerprint density at radius 1 is 1.48 bits per heavy atom. The van der Waals surface area contributed by atoms with E-state index in [-0.39, 0.29) is 30.0 Å². The molecule has 112 valence electrons. The van der Waals surface area contributed by atoms with Crippen molar-refractivity contribution in [1.29, 1.82) is 0 Å². The van der Waals surface area contributed by atoms with E-state index in [9.17, 15) is 9.18 Å². The quantitative estimate of drug-likeness (QED) is 0.894. The van der Waals surface area contributed by atoms with E-state index in [0.717, 1.165) is 18.7 Å². The summed E-state index contributed by atoms with van der Waals surface area (Å²) < 4.78 is 15.6. The lowest BCUT2D eigenvalue weighted by molar-refractivity contribution is -0.126. The minimum Gasteiger partial charge on any atom is -0.352 e. The molecule has 7 heteroatoms. The van der Waals surface area contributed by atoms with Crippen molar-refractivity contribution in [2.45, 2.75) is 6.54 Å². The van der Waals surface area contributed by atoms with E-state index >= 15 is 0 Å². The van der Waals surface area contributed by atoms with Crippen molar-refractivity contribution in [2.24, 2.45) is 5.92 Å². The molecule has 1 aromatic carbocycles. The predicted molar refractivity (Wildman–Crippen MR) is 79.0 cm³/mol. The monoisotopic (exact) mass is 310 g/mol. The maximum atomic E-state index is 14.0. The highest BCUT2D eigenvalue weighted by Crippen LogP contribution is 2.15. The van der Waals surface area contributed by atoms with Crippen LogP contribution in [0.1, 0.15) is 5.56 Å². The van der Waals surface area contributed by atoms with Gasteiger partial charge in [-0.15, -0.1) is 12.4 Å². The van der Waals surface area contributed by atoms with Crippen molar-refractivity contribution < 1.29 is 9.18 Å². The van der Waals surface area contributed by atoms with E-state index in [4.69, 9.17) is 0 Å². The molecule has 0 radical (unpaired) electrons. The summed E-state index contributed by atoms with van der Waals surface area (Å²) in [4.78, 5) is 15.6. The van der Waals surface area contributed by atoms with Crippen molar-refractivity contribution in [3.05, 3.63) is 48.3 Å². The van der Waals surface area contributed by atoms with Crippen LogP contribution in [0.15, 0.2) is 36.9 Å². The number of rotatable bonds is 4. The van der Waals surface area contributed by atoms with E-state index in [2.05, 4.69) is 15.6 Å². The first-order valence-corrected chi connectivity index (χ1v) is 6.49. The highest BCUT2D eigenvalue weighted by molar-refractivity contribution is 5.85. The minimum atomic E-state index is -0.333. The first-order chi connectivity index (χ1) is 9.74. The van der Waals surface area contributed by atoms with Gasteiger partial charge in [-0.2, -0.15) is 0 Å². The van der Waals surface area contributed by atoms with Gasteiger partial charge in [-0.3, -0.25) is 4.79 Å². The molecule has 0 aliphatic carbocycles. The van der Waals surface area contributed by atoms with Crippen molar-refractivity contribution in [2.75, 3.05) is 13.1 Å². The smallest absolute Gasteiger partial charge is 0.225 e. The maximum Gasteiger partial charge on any atom is 0.225 e. The van der Waals surface area contributed by atoms with Gasteiger partial charge in [0.05, 0.1) is 17.9 Å². The molecule has 1 aliphatic rings. The van der Waals surface area contributed by atoms with E-state index in [0.29, 0.717) is 12.2 Å². The molecule has 1 fully saturated rings. The van der Waals surface area contributed by atoms with Crippen LogP contribution in [-0.2, 0) is 11.3 Å². The van der Waals surface area contributed by atoms with Crippen molar-refractivity contribution in [1.82, 2.24) is 20.2 Å². The molecule has 1 saturated heterocycles. The molecule has 2 N–H and O–H groups in total. The fourth-order valence-electron chi connectivity index (χ4n) is 2.08. The SMILES string of the molecule is Cl.O=C(NCc1ccc(-n2ccnc2)c(F)c1)C1CNC1. The van der Waals surface area contributed by atoms with Gasteiger partial charge in [0.15, 0.2) is 0 Å². The number of nitrogens with one attached hydrogen (secondary N) is 2. The standard InChI is InChI=1S/C14H15FN4O.ClH/c15-12-5-10(6-18-14(20)11-7-17-8-11)1-2-13(12)19-4-3-16-9-19;/h1-5,9,11,17H,6-8H2,(H,18,20);1H. The average molecular weight is 311 g/mol. The summed E-state index contributed by atoms with van der Waals surface area (Å²) in [6, 6.07) is 4.93. The van der Waals surface area contributed by atoms with E-state index in [1.165, 1.54) is 6.07 Å². The Labute approximate surface area is 128 Å². The average Bonchev–Trinajstić information content (AvgIpc) is 2.88. The normalized spacial score (nSPS) is 14.1. The number of carbonyl (C=O) groups is 1. The van der Waals surface area contributed by atoms with Crippen molar-refractivity contribution >= 4 is 18.3 Å². The van der Waals surface area contributed by atoms with Gasteiger partial charge < -0.3 is 15.2 Å². The van der Waals surface area contributed by atoms with Gasteiger partial charge in [0.1, 0.15) is 5.82 Å². The number of nitrogens with zero attached hydrogens (tertiary/aromatic N) is 2. The summed E-state index contributed by atoms with van der Waals surface area (Å²) in [5.41, 5.74) is 1.19. The first-order valence-electron chi connectivity index (χ1n) is 6.49. The van der Waals surface area contributed by atoms with E-state index < -0.39 is 0 Å². The number of aromatic nitrogens is 2. The molecule has 2 heterocycles. The Balaban J connectivity index is 0.00000161. The molecule has 0 bridgehead atoms. The molecule has 3 rings (SSSR count). The molecule has 21 heavy (non-hydrogen) atoms. The zero-order chi connectivity index (χ0) is 13.9. The van der Waals surface area contributed by atoms with Gasteiger partial charge in [-0.25, -0.2) is 9.37 Å². The van der Waals surface area contributed by atoms with Crippen molar-refractivity contribution in [3.8, 4) is 5.69 Å². The lowest BCUT2D eigenvalue weighted by Gasteiger charge is -2.25. The Morgan fingerprint density at radius 2 is 2.29 bits per heavy atom. The Hall–Kier alpha value is -1.92. The van der Waals surface area contributed by atoms with Crippen LogP contribution in [0.25, 0.3) is 5.69 Å². The largest absolute Gasteiger partial charge is 0.352 e. The molecule has 1 amide bonds. The molecule has 1 aromatic heterocycles. The highest BCUT2D eigenvalue weighted by Gasteiger charge is 2.24. The fourth-order valence-corrected chi connectivity index (χ4v) is 2.08. The van der Waals surface area contributed by atoms with Crippen LogP contribution in [0.4, 0.5) is 4.39 Å². The molecule has 5 nitrogen and oxygen atoms in total. The van der Waals surface area contributed by atoms with Gasteiger partial charge in [-0.1, -0.05) is 6.07 Å². The number of amides is 1. The molecule has 0 saturated carbocycles. The number of halogens is 2. The number of benzene rings is 1. The summed E-state index contributed by atoms with van der Waals surface area (Å²) in [7, 11) is 0. The van der Waals surface area contributed by atoms with Crippen LogP contribution in [-0.4, -0.2) is 28.5 Å². The fraction of sp³-hybridized carbons (Fsp3) is 0.286. The van der Waals surface area contributed by atoms with Gasteiger partial charge in [0.25, 0.3) is 0 Å². The Kier molecular flexibility index (Phi) is 4.93. The second kappa shape index (κ2) is 6.69. The predicted octanol–water partition coefficient (Wildman–Crippen LogP) is 1.27. The molecular weight excluding hydrogens is 295 g/mol. The van der Waals surface area contributed by atoms with Crippen molar-refractivity contribution in [3.63, 3.8) is 0 Å². The number of hydrogen-bond acceptors (Lipinski definition) is 3. The third-order valence-corrected chi connectivity index (χ3v) is 3.41. The lowest BCUT2D eigenvalue weighted by Crippen LogP contribution is -2.50. The third kappa shape index (κ3) is 3.40. The maximum absolute atomic E-state index is 14.0. The molecule has 0 spiro atoms. The minimum absolute atomic E-state index is 0. The van der Waals surface area contributed by atoms with Gasteiger partial charge in [0, 0.05) is 32.0 Å². The molecule has 0 unspecified atom stereocenters. The van der Waals surface area contributed by atoms with Crippen LogP contribution >= 0.6 is 12.4 Å². The highest BCUT2D eigenvalue weighted by atomic mass is 35.5. The molecule has 2 aromatic rings. The van der Waals surface area contributed by atoms with E-state index in [1.807, 2.05) is 0 Å². The summed E-state index contributed by atoms with van der Waals surface area (Å²) >= 11 is 0. The van der Waals surface area contributed by atoms with E-state index in [1.54, 1.807) is 35.4 Å². The molecular formula is C14H16ClFN4O. The van der Waals surface area contributed by atoms with Crippen LogP contribution in [0.5, 0.6) is 0 Å². The lowest BCUT2D eigenvalue weighted by atomic mass is 10.0. The van der Waals surface area contributed by atoms with Crippen LogP contribution < -0.4 is 10.6 Å². The number of hydrogen-bond donors (Lipinski definition) is 2. The number of imidazole rings is 1. The zero-order valence-electron chi connectivity index (χ0n) is 11.3. The van der Waals surface area contributed by atoms with Crippen LogP contribution in [0.3, 0.4) is 0 Å². The van der Waals surface area contributed by atoms with Crippen LogP contribution in [0.2, 0.25) is 0 Å². The molecule has 0 atom stereocenters. The Morgan fingerprint density at radius 3 is 2.86 bits per heavy atom. The third-order valence-electron chi connectivity index (χ3n) is 3.41. The summed E-state index contributed by atoms with van der Waals surface area (Å²) in [5.74, 6) is -0.270. The van der Waals surface area contributed by atoms with Gasteiger partial charge in [0.2, 0.25) is 5.91 Å². The molecule has 1 aliphatic heterocycles. The van der Waals surface area contributed by atoms with Crippen LogP contribution in [0, 0.1) is 11.7 Å². The first kappa shape index (κ1) is 15.5. The van der Waals surface area contributed by atoms with Gasteiger partial charge in [-0.05, 0) is 17.7 Å². The summed E-state index contributed by atoms with van der Waals surface area (Å²) in [6.45, 7) is 1.79. The topological polar surface area (TPSA) is 59.0 Å². The second-order valence-corrected chi connectivity index (χ2v) is 4.83.